The molecule has 0 bridgehead atoms. The Labute approximate surface area is 135 Å². The maximum Gasteiger partial charge on any atom is 0.233 e. The zero-order chi connectivity index (χ0) is 14.7. The average molecular weight is 340 g/mol. The minimum atomic E-state index is -0.174. The Balaban J connectivity index is 1.46. The molecule has 112 valence electrons. The molecule has 3 rings (SSSR count). The van der Waals surface area contributed by atoms with E-state index >= 15 is 0 Å². The molecule has 2 heterocycles. The number of amides is 1. The maximum absolute atomic E-state index is 12.1. The highest BCUT2D eigenvalue weighted by molar-refractivity contribution is 8.02. The van der Waals surface area contributed by atoms with Crippen molar-refractivity contribution >= 4 is 45.5 Å². The van der Waals surface area contributed by atoms with Gasteiger partial charge in [0, 0.05) is 10.9 Å². The predicted octanol–water partition coefficient (Wildman–Crippen LogP) is 2.97. The van der Waals surface area contributed by atoms with Gasteiger partial charge < -0.3 is 10.6 Å². The molecular weight excluding hydrogens is 324 g/mol. The van der Waals surface area contributed by atoms with Crippen LogP contribution in [0.25, 0.3) is 0 Å². The first-order valence-corrected chi connectivity index (χ1v) is 9.35. The molecule has 1 aliphatic carbocycles. The van der Waals surface area contributed by atoms with Gasteiger partial charge in [-0.25, -0.2) is 0 Å². The highest BCUT2D eigenvalue weighted by Gasteiger charge is 2.23. The van der Waals surface area contributed by atoms with E-state index in [1.807, 2.05) is 24.4 Å². The Bertz CT molecular complexity index is 594. The minimum absolute atomic E-state index is 0.0281. The molecule has 8 heteroatoms. The number of hydrogen-bond donors (Lipinski definition) is 2. The van der Waals surface area contributed by atoms with Crippen LogP contribution in [0.15, 0.2) is 21.9 Å². The second-order valence-electron chi connectivity index (χ2n) is 4.85. The van der Waals surface area contributed by atoms with E-state index in [0.29, 0.717) is 12.6 Å². The molecule has 5 nitrogen and oxygen atoms in total. The largest absolute Gasteiger partial charge is 0.357 e. The number of hydrogen-bond acceptors (Lipinski definition) is 7. The monoisotopic (exact) mass is 340 g/mol. The molecule has 1 saturated carbocycles. The van der Waals surface area contributed by atoms with E-state index in [-0.39, 0.29) is 11.2 Å². The quantitative estimate of drug-likeness (QED) is 0.759. The van der Waals surface area contributed by atoms with Crippen molar-refractivity contribution in [1.82, 2.24) is 15.5 Å². The molecule has 1 amide bonds. The van der Waals surface area contributed by atoms with Crippen molar-refractivity contribution in [2.24, 2.45) is 0 Å². The fourth-order valence-corrected chi connectivity index (χ4v) is 4.30. The molecule has 1 atom stereocenters. The molecule has 1 fully saturated rings. The van der Waals surface area contributed by atoms with Crippen molar-refractivity contribution in [2.45, 2.75) is 41.9 Å². The highest BCUT2D eigenvalue weighted by Crippen LogP contribution is 2.32. The second-order valence-corrected chi connectivity index (χ2v) is 8.45. The first-order valence-electron chi connectivity index (χ1n) is 6.77. The number of anilines is 1. The lowest BCUT2D eigenvalue weighted by Crippen LogP contribution is -2.30. The summed E-state index contributed by atoms with van der Waals surface area (Å²) < 4.78 is 0.830. The molecule has 0 saturated heterocycles. The average Bonchev–Trinajstić information content (AvgIpc) is 2.96. The molecule has 0 spiro atoms. The summed E-state index contributed by atoms with van der Waals surface area (Å²) in [4.78, 5) is 13.2. The topological polar surface area (TPSA) is 66.9 Å². The van der Waals surface area contributed by atoms with E-state index in [1.54, 1.807) is 11.3 Å². The van der Waals surface area contributed by atoms with E-state index in [9.17, 15) is 4.79 Å². The molecule has 2 N–H and O–H groups in total. The fourth-order valence-electron chi connectivity index (χ4n) is 1.65. The normalized spacial score (nSPS) is 15.7. The summed E-state index contributed by atoms with van der Waals surface area (Å²) in [7, 11) is 0. The number of aromatic nitrogens is 2. The third kappa shape index (κ3) is 4.42. The second kappa shape index (κ2) is 6.76. The summed E-state index contributed by atoms with van der Waals surface area (Å²) in [6.07, 6.45) is 2.42. The van der Waals surface area contributed by atoms with Crippen molar-refractivity contribution in [2.75, 3.05) is 5.32 Å². The predicted molar refractivity (Wildman–Crippen MR) is 88.0 cm³/mol. The molecule has 2 aromatic heterocycles. The third-order valence-corrected chi connectivity index (χ3v) is 5.89. The van der Waals surface area contributed by atoms with Crippen LogP contribution in [0.5, 0.6) is 0 Å². The van der Waals surface area contributed by atoms with Crippen LogP contribution in [0.4, 0.5) is 5.13 Å². The van der Waals surface area contributed by atoms with Crippen molar-refractivity contribution in [3.8, 4) is 0 Å². The Kier molecular flexibility index (Phi) is 4.77. The Hall–Kier alpha value is -1.12. The number of nitrogens with zero attached hydrogens (tertiary/aromatic N) is 2. The highest BCUT2D eigenvalue weighted by atomic mass is 32.2. The van der Waals surface area contributed by atoms with Crippen LogP contribution in [-0.4, -0.2) is 27.4 Å². The van der Waals surface area contributed by atoms with Gasteiger partial charge in [-0.3, -0.25) is 4.79 Å². The van der Waals surface area contributed by atoms with Gasteiger partial charge in [0.25, 0.3) is 0 Å². The fraction of sp³-hybridized carbons (Fsp3) is 0.462. The molecule has 0 aliphatic heterocycles. The molecule has 1 unspecified atom stereocenters. The summed E-state index contributed by atoms with van der Waals surface area (Å²) in [5, 5.41) is 17.2. The van der Waals surface area contributed by atoms with Crippen molar-refractivity contribution in [3.05, 3.63) is 22.4 Å². The van der Waals surface area contributed by atoms with Crippen molar-refractivity contribution in [1.29, 1.82) is 0 Å². The van der Waals surface area contributed by atoms with Gasteiger partial charge in [0.05, 0.1) is 11.8 Å². The van der Waals surface area contributed by atoms with Crippen molar-refractivity contribution < 1.29 is 4.79 Å². The number of thiophene rings is 1. The SMILES string of the molecule is CC(Sc1nnc(NC2CC2)s1)C(=O)NCc1cccs1. The van der Waals surface area contributed by atoms with Crippen molar-refractivity contribution in [3.63, 3.8) is 0 Å². The van der Waals surface area contributed by atoms with E-state index in [0.717, 1.165) is 14.3 Å². The summed E-state index contributed by atoms with van der Waals surface area (Å²) in [5.41, 5.74) is 0. The summed E-state index contributed by atoms with van der Waals surface area (Å²) in [5.74, 6) is 0.0281. The molecule has 0 radical (unpaired) electrons. The van der Waals surface area contributed by atoms with Crippen LogP contribution >= 0.6 is 34.4 Å². The standard InChI is InChI=1S/C13H16N4OS3/c1-8(11(18)14-7-10-3-2-6-19-10)20-13-17-16-12(21-13)15-9-4-5-9/h2-3,6,8-9H,4-5,7H2,1H3,(H,14,18)(H,15,16). The number of thioether (sulfide) groups is 1. The maximum atomic E-state index is 12.1. The van der Waals surface area contributed by atoms with Gasteiger partial charge in [-0.05, 0) is 31.2 Å². The zero-order valence-electron chi connectivity index (χ0n) is 11.5. The van der Waals surface area contributed by atoms with Crippen LogP contribution in [-0.2, 0) is 11.3 Å². The van der Waals surface area contributed by atoms with E-state index in [1.165, 1.54) is 35.9 Å². The van der Waals surface area contributed by atoms with E-state index in [4.69, 9.17) is 0 Å². The lowest BCUT2D eigenvalue weighted by Gasteiger charge is -2.09. The molecular formula is C13H16N4OS3. The van der Waals surface area contributed by atoms with Gasteiger partial charge in [0.15, 0.2) is 4.34 Å². The number of nitrogens with one attached hydrogen (secondary N) is 2. The van der Waals surface area contributed by atoms with E-state index in [2.05, 4.69) is 20.8 Å². The lowest BCUT2D eigenvalue weighted by atomic mass is 10.4. The minimum Gasteiger partial charge on any atom is -0.357 e. The summed E-state index contributed by atoms with van der Waals surface area (Å²) >= 11 is 4.61. The number of carbonyl (C=O) groups is 1. The van der Waals surface area contributed by atoms with Gasteiger partial charge in [-0.1, -0.05) is 29.2 Å². The Morgan fingerprint density at radius 3 is 3.10 bits per heavy atom. The lowest BCUT2D eigenvalue weighted by molar-refractivity contribution is -0.120. The Morgan fingerprint density at radius 1 is 1.52 bits per heavy atom. The zero-order valence-corrected chi connectivity index (χ0v) is 14.0. The van der Waals surface area contributed by atoms with Gasteiger partial charge in [-0.15, -0.1) is 21.5 Å². The van der Waals surface area contributed by atoms with Crippen LogP contribution in [0.3, 0.4) is 0 Å². The smallest absolute Gasteiger partial charge is 0.233 e. The van der Waals surface area contributed by atoms with Gasteiger partial charge in [0.2, 0.25) is 11.0 Å². The Morgan fingerprint density at radius 2 is 2.38 bits per heavy atom. The third-order valence-electron chi connectivity index (χ3n) is 2.98. The van der Waals surface area contributed by atoms with Gasteiger partial charge in [0.1, 0.15) is 0 Å². The molecule has 2 aromatic rings. The molecule has 21 heavy (non-hydrogen) atoms. The number of carbonyl (C=O) groups excluding carboxylic acids is 1. The van der Waals surface area contributed by atoms with Crippen LogP contribution in [0.2, 0.25) is 0 Å². The summed E-state index contributed by atoms with van der Waals surface area (Å²) in [6, 6.07) is 4.57. The first-order chi connectivity index (χ1) is 10.2. The van der Waals surface area contributed by atoms with Gasteiger partial charge in [-0.2, -0.15) is 0 Å². The summed E-state index contributed by atoms with van der Waals surface area (Å²) in [6.45, 7) is 2.48. The van der Waals surface area contributed by atoms with Gasteiger partial charge >= 0.3 is 0 Å². The van der Waals surface area contributed by atoms with Crippen LogP contribution in [0, 0.1) is 0 Å². The number of rotatable bonds is 7. The first kappa shape index (κ1) is 14.8. The molecule has 1 aliphatic rings. The molecule has 0 aromatic carbocycles. The van der Waals surface area contributed by atoms with Crippen LogP contribution < -0.4 is 10.6 Å². The van der Waals surface area contributed by atoms with Crippen LogP contribution in [0.1, 0.15) is 24.6 Å². The van der Waals surface area contributed by atoms with E-state index < -0.39 is 0 Å².